The minimum atomic E-state index is 0.468. The lowest BCUT2D eigenvalue weighted by Gasteiger charge is -2.11. The average Bonchev–Trinajstić information content (AvgIpc) is 3.12. The molecule has 0 spiro atoms. The Balaban J connectivity index is 2.14. The van der Waals surface area contributed by atoms with Gasteiger partial charge in [0.2, 0.25) is 0 Å². The Morgan fingerprint density at radius 1 is 1.44 bits per heavy atom. The molecule has 6 nitrogen and oxygen atoms in total. The fourth-order valence-electron chi connectivity index (χ4n) is 1.83. The summed E-state index contributed by atoms with van der Waals surface area (Å²) in [5.41, 5.74) is 3.52. The van der Waals surface area contributed by atoms with E-state index < -0.39 is 0 Å². The van der Waals surface area contributed by atoms with Crippen LogP contribution in [0.3, 0.4) is 0 Å². The molecule has 0 amide bonds. The van der Waals surface area contributed by atoms with Gasteiger partial charge in [0.1, 0.15) is 11.6 Å². The van der Waals surface area contributed by atoms with Crippen molar-refractivity contribution >= 4 is 21.7 Å². The number of hydrazine groups is 1. The molecular formula is C11H13BrN6. The highest BCUT2D eigenvalue weighted by Crippen LogP contribution is 2.39. The van der Waals surface area contributed by atoms with E-state index in [1.807, 2.05) is 13.1 Å². The number of nitrogens with one attached hydrogen (secondary N) is 1. The monoisotopic (exact) mass is 308 g/mol. The zero-order valence-electron chi connectivity index (χ0n) is 9.89. The van der Waals surface area contributed by atoms with Gasteiger partial charge >= 0.3 is 0 Å². The van der Waals surface area contributed by atoms with Crippen molar-refractivity contribution in [2.45, 2.75) is 25.7 Å². The minimum Gasteiger partial charge on any atom is -0.308 e. The number of aromatic nitrogens is 4. The largest absolute Gasteiger partial charge is 0.308 e. The van der Waals surface area contributed by atoms with Gasteiger partial charge in [0.15, 0.2) is 5.82 Å². The zero-order chi connectivity index (χ0) is 12.7. The molecule has 0 radical (unpaired) electrons. The number of halogens is 1. The molecule has 0 aromatic carbocycles. The van der Waals surface area contributed by atoms with Crippen molar-refractivity contribution in [3.05, 3.63) is 28.3 Å². The molecular weight excluding hydrogens is 296 g/mol. The molecule has 2 aromatic rings. The molecule has 0 unspecified atom stereocenters. The summed E-state index contributed by atoms with van der Waals surface area (Å²) in [4.78, 5) is 9.05. The summed E-state index contributed by atoms with van der Waals surface area (Å²) in [5.74, 6) is 8.25. The Labute approximate surface area is 113 Å². The number of hydrogen-bond donors (Lipinski definition) is 2. The van der Waals surface area contributed by atoms with Crippen molar-refractivity contribution < 1.29 is 0 Å². The van der Waals surface area contributed by atoms with Crippen molar-refractivity contribution in [3.63, 3.8) is 0 Å². The van der Waals surface area contributed by atoms with Gasteiger partial charge in [0.25, 0.3) is 0 Å². The zero-order valence-corrected chi connectivity index (χ0v) is 11.5. The van der Waals surface area contributed by atoms with E-state index >= 15 is 0 Å². The molecule has 2 heterocycles. The molecule has 18 heavy (non-hydrogen) atoms. The van der Waals surface area contributed by atoms with Crippen LogP contribution in [0.5, 0.6) is 0 Å². The number of anilines is 1. The molecule has 0 aliphatic heterocycles. The molecule has 3 N–H and O–H groups in total. The number of nitrogens with zero attached hydrogens (tertiary/aromatic N) is 4. The highest BCUT2D eigenvalue weighted by atomic mass is 79.9. The van der Waals surface area contributed by atoms with Crippen LogP contribution in [0, 0.1) is 6.92 Å². The van der Waals surface area contributed by atoms with Crippen LogP contribution in [-0.2, 0) is 0 Å². The van der Waals surface area contributed by atoms with E-state index in [1.165, 1.54) is 0 Å². The molecule has 1 saturated carbocycles. The Bertz CT molecular complexity index is 589. The van der Waals surface area contributed by atoms with E-state index in [9.17, 15) is 0 Å². The summed E-state index contributed by atoms with van der Waals surface area (Å²) < 4.78 is 2.64. The highest BCUT2D eigenvalue weighted by Gasteiger charge is 2.28. The molecule has 0 atom stereocenters. The van der Waals surface area contributed by atoms with Crippen molar-refractivity contribution in [2.75, 3.05) is 5.43 Å². The van der Waals surface area contributed by atoms with Crippen LogP contribution in [0.25, 0.3) is 5.82 Å². The van der Waals surface area contributed by atoms with Crippen LogP contribution >= 0.6 is 15.9 Å². The van der Waals surface area contributed by atoms with Crippen LogP contribution in [-0.4, -0.2) is 19.7 Å². The van der Waals surface area contributed by atoms with E-state index in [0.717, 1.165) is 34.5 Å². The molecule has 1 aliphatic rings. The van der Waals surface area contributed by atoms with E-state index in [4.69, 9.17) is 5.84 Å². The van der Waals surface area contributed by atoms with E-state index in [1.54, 1.807) is 10.9 Å². The third kappa shape index (κ3) is 1.99. The van der Waals surface area contributed by atoms with E-state index in [0.29, 0.717) is 11.7 Å². The molecule has 1 fully saturated rings. The Hall–Kier alpha value is -1.47. The summed E-state index contributed by atoms with van der Waals surface area (Å²) in [7, 11) is 0. The molecule has 94 valence electrons. The maximum Gasteiger partial charge on any atom is 0.162 e. The van der Waals surface area contributed by atoms with Gasteiger partial charge in [-0.2, -0.15) is 5.10 Å². The van der Waals surface area contributed by atoms with Gasteiger partial charge in [0.05, 0.1) is 10.7 Å². The summed E-state index contributed by atoms with van der Waals surface area (Å²) in [5, 5.41) is 4.25. The average molecular weight is 309 g/mol. The van der Waals surface area contributed by atoms with Gasteiger partial charge in [-0.3, -0.25) is 0 Å². The summed E-state index contributed by atoms with van der Waals surface area (Å²) in [6.07, 6.45) is 5.89. The van der Waals surface area contributed by atoms with E-state index in [-0.39, 0.29) is 0 Å². The standard InChI is InChI=1S/C11H13BrN6/c1-6-9(17-13)15-10(7-2-3-7)16-11(6)18-5-8(12)4-14-18/h4-5,7H,2-3,13H2,1H3,(H,15,16,17). The normalized spacial score (nSPS) is 14.8. The first-order valence-corrected chi connectivity index (χ1v) is 6.54. The van der Waals surface area contributed by atoms with E-state index in [2.05, 4.69) is 36.4 Å². The second-order valence-corrected chi connectivity index (χ2v) is 5.32. The van der Waals surface area contributed by atoms with Gasteiger partial charge in [-0.05, 0) is 35.7 Å². The van der Waals surface area contributed by atoms with Crippen LogP contribution in [0.2, 0.25) is 0 Å². The minimum absolute atomic E-state index is 0.468. The molecule has 0 bridgehead atoms. The van der Waals surface area contributed by atoms with Gasteiger partial charge in [-0.15, -0.1) is 0 Å². The van der Waals surface area contributed by atoms with Gasteiger partial charge in [-0.1, -0.05) is 0 Å². The number of nitrogens with two attached hydrogens (primary N) is 1. The van der Waals surface area contributed by atoms with Crippen molar-refractivity contribution in [3.8, 4) is 5.82 Å². The maximum atomic E-state index is 5.51. The first-order valence-electron chi connectivity index (χ1n) is 5.74. The van der Waals surface area contributed by atoms with Gasteiger partial charge in [-0.25, -0.2) is 20.5 Å². The lowest BCUT2D eigenvalue weighted by atomic mass is 10.3. The second-order valence-electron chi connectivity index (χ2n) is 4.40. The second kappa shape index (κ2) is 4.33. The van der Waals surface area contributed by atoms with Crippen LogP contribution < -0.4 is 11.3 Å². The fraction of sp³-hybridized carbons (Fsp3) is 0.364. The Morgan fingerprint density at radius 3 is 2.78 bits per heavy atom. The summed E-state index contributed by atoms with van der Waals surface area (Å²) in [6, 6.07) is 0. The molecule has 3 rings (SSSR count). The van der Waals surface area contributed by atoms with Crippen molar-refractivity contribution in [1.29, 1.82) is 0 Å². The third-order valence-electron chi connectivity index (χ3n) is 2.98. The topological polar surface area (TPSA) is 81.6 Å². The predicted octanol–water partition coefficient (Wildman–Crippen LogP) is 1.90. The first kappa shape index (κ1) is 11.6. The van der Waals surface area contributed by atoms with Crippen LogP contribution in [0.15, 0.2) is 16.9 Å². The maximum absolute atomic E-state index is 5.51. The Morgan fingerprint density at radius 2 is 2.22 bits per heavy atom. The predicted molar refractivity (Wildman–Crippen MR) is 71.4 cm³/mol. The quantitative estimate of drug-likeness (QED) is 0.668. The molecule has 0 saturated heterocycles. The van der Waals surface area contributed by atoms with Crippen LogP contribution in [0.1, 0.15) is 30.1 Å². The SMILES string of the molecule is Cc1c(NN)nc(C2CC2)nc1-n1cc(Br)cn1. The lowest BCUT2D eigenvalue weighted by Crippen LogP contribution is -2.15. The lowest BCUT2D eigenvalue weighted by molar-refractivity contribution is 0.800. The van der Waals surface area contributed by atoms with Crippen molar-refractivity contribution in [2.24, 2.45) is 5.84 Å². The number of hydrogen-bond acceptors (Lipinski definition) is 5. The third-order valence-corrected chi connectivity index (χ3v) is 3.39. The molecule has 7 heteroatoms. The highest BCUT2D eigenvalue weighted by molar-refractivity contribution is 9.10. The van der Waals surface area contributed by atoms with Gasteiger partial charge in [0, 0.05) is 17.7 Å². The van der Waals surface area contributed by atoms with Crippen LogP contribution in [0.4, 0.5) is 5.82 Å². The smallest absolute Gasteiger partial charge is 0.162 e. The molecule has 1 aliphatic carbocycles. The number of nitrogen functional groups attached to an aromatic ring is 1. The number of rotatable bonds is 3. The Kier molecular flexibility index (Phi) is 2.79. The first-order chi connectivity index (χ1) is 8.69. The fourth-order valence-corrected chi connectivity index (χ4v) is 2.11. The molecule has 2 aromatic heterocycles. The summed E-state index contributed by atoms with van der Waals surface area (Å²) in [6.45, 7) is 1.93. The van der Waals surface area contributed by atoms with Crippen molar-refractivity contribution in [1.82, 2.24) is 19.7 Å². The van der Waals surface area contributed by atoms with Gasteiger partial charge < -0.3 is 5.43 Å². The summed E-state index contributed by atoms with van der Waals surface area (Å²) >= 11 is 3.38.